The van der Waals surface area contributed by atoms with E-state index in [2.05, 4.69) is 24.2 Å². The third-order valence-electron chi connectivity index (χ3n) is 0. The van der Waals surface area contributed by atoms with E-state index in [-0.39, 0.29) is 0 Å². The van der Waals surface area contributed by atoms with Gasteiger partial charge in [0.15, 0.2) is 0 Å². The smallest absolute Gasteiger partial charge is 0.313 e. The molecule has 0 bridgehead atoms. The van der Waals surface area contributed by atoms with Crippen LogP contribution in [0.3, 0.4) is 0 Å². The van der Waals surface area contributed by atoms with E-state index >= 15 is 0 Å². The van der Waals surface area contributed by atoms with Crippen molar-refractivity contribution in [1.82, 2.24) is 0 Å². The van der Waals surface area contributed by atoms with Crippen LogP contribution in [0.2, 0.25) is 0 Å². The van der Waals surface area contributed by atoms with E-state index in [1.807, 2.05) is 0 Å². The van der Waals surface area contributed by atoms with E-state index < -0.39 is 15.5 Å². The molecule has 76 valence electrons. The van der Waals surface area contributed by atoms with Gasteiger partial charge in [0.1, 0.15) is 0 Å². The van der Waals surface area contributed by atoms with Crippen molar-refractivity contribution in [3.63, 3.8) is 0 Å². The van der Waals surface area contributed by atoms with E-state index in [0.717, 1.165) is 0 Å². The van der Waals surface area contributed by atoms with Crippen LogP contribution in [0.4, 0.5) is 0 Å². The Bertz CT molecular complexity index is 145. The summed E-state index contributed by atoms with van der Waals surface area (Å²) in [5.74, 6) is 0. The summed E-state index contributed by atoms with van der Waals surface area (Å²) in [5.41, 5.74) is 8.04. The van der Waals surface area contributed by atoms with Crippen molar-refractivity contribution in [3.8, 4) is 0 Å². The second kappa shape index (κ2) is 7.60. The van der Waals surface area contributed by atoms with Gasteiger partial charge >= 0.3 is 15.5 Å². The van der Waals surface area contributed by atoms with Crippen LogP contribution in [0.1, 0.15) is 0 Å². The minimum absolute atomic E-state index is 3.00. The molecule has 12 heavy (non-hydrogen) atoms. The molecule has 0 saturated heterocycles. The Hall–Kier alpha value is -0.0400. The second-order valence-electron chi connectivity index (χ2n) is 1.18. The van der Waals surface area contributed by atoms with Crippen LogP contribution in [-0.2, 0) is 9.13 Å². The lowest BCUT2D eigenvalue weighted by atomic mass is 11.3. The minimum atomic E-state index is -4.14. The summed E-state index contributed by atoms with van der Waals surface area (Å²) in [6.07, 6.45) is 0. The molecule has 0 rings (SSSR count). The van der Waals surface area contributed by atoms with Gasteiger partial charge < -0.3 is 19.6 Å². The van der Waals surface area contributed by atoms with Gasteiger partial charge in [-0.1, -0.05) is 0 Å². The lowest BCUT2D eigenvalue weighted by Gasteiger charge is -1.84. The summed E-state index contributed by atoms with van der Waals surface area (Å²) < 4.78 is 18.2. The molecule has 0 amide bonds. The third kappa shape index (κ3) is 500000. The maximum absolute atomic E-state index is 9.10. The van der Waals surface area contributed by atoms with Crippen LogP contribution in [0.15, 0.2) is 13.2 Å². The molecule has 8 nitrogen and oxygen atoms in total. The molecule has 0 fully saturated rings. The predicted molar refractivity (Wildman–Crippen MR) is 43.7 cm³/mol. The van der Waals surface area contributed by atoms with Gasteiger partial charge in [0.05, 0.1) is 0 Å². The molecule has 0 aliphatic heterocycles. The highest BCUT2D eigenvalue weighted by Gasteiger charge is 1.97. The van der Waals surface area contributed by atoms with Crippen molar-refractivity contribution < 1.29 is 28.7 Å². The maximum Gasteiger partial charge on any atom is 0.397 e. The Morgan fingerprint density at radius 1 is 0.833 bits per heavy atom. The average Bonchev–Trinajstić information content (AvgIpc) is 1.59. The number of hydrogen-bond acceptors (Lipinski definition) is 2. The zero-order chi connectivity index (χ0) is 11.0. The van der Waals surface area contributed by atoms with Gasteiger partial charge in [-0.3, -0.25) is 0 Å². The van der Waals surface area contributed by atoms with E-state index in [0.29, 0.717) is 0 Å². The van der Waals surface area contributed by atoms with Gasteiger partial charge in [-0.25, -0.2) is 20.1 Å². The molecule has 0 radical (unpaired) electrons. The lowest BCUT2D eigenvalue weighted by Crippen LogP contribution is -1.87. The Balaban J connectivity index is -0.000000112. The topological polar surface area (TPSA) is 167 Å². The van der Waals surface area contributed by atoms with Crippen molar-refractivity contribution >= 4 is 15.5 Å². The number of rotatable bonds is 0. The molecule has 0 saturated carbocycles. The van der Waals surface area contributed by atoms with Crippen molar-refractivity contribution in [1.29, 1.82) is 0 Å². The van der Waals surface area contributed by atoms with Gasteiger partial charge in [0.25, 0.3) is 0 Å². The Labute approximate surface area is 69.3 Å². The first-order chi connectivity index (χ1) is 5.00. The van der Waals surface area contributed by atoms with Crippen LogP contribution in [0.5, 0.6) is 0 Å². The second-order valence-corrected chi connectivity index (χ2v) is 3.53. The first-order valence-electron chi connectivity index (χ1n) is 2.18. The molecule has 0 spiro atoms. The SMILES string of the molecule is C=C.NP(=O)(O)O.NP(=O)(O)O. The highest BCUT2D eigenvalue weighted by atomic mass is 31.2. The Morgan fingerprint density at radius 2 is 0.833 bits per heavy atom. The fraction of sp³-hybridized carbons (Fsp3) is 0. The fourth-order valence-electron chi connectivity index (χ4n) is 0. The van der Waals surface area contributed by atoms with Gasteiger partial charge in [-0.05, 0) is 0 Å². The zero-order valence-electron chi connectivity index (χ0n) is 6.07. The molecule has 0 aliphatic rings. The zero-order valence-corrected chi connectivity index (χ0v) is 7.86. The van der Waals surface area contributed by atoms with Crippen LogP contribution >= 0.6 is 15.5 Å². The summed E-state index contributed by atoms with van der Waals surface area (Å²) in [6.45, 7) is 6.00. The molecule has 0 heterocycles. The highest BCUT2D eigenvalue weighted by molar-refractivity contribution is 7.49. The standard InChI is InChI=1S/C2H4.2H4NO3P/c1-2;2*1-5(2,3)4/h1-2H2;2*(H4,1,2,3,4). The van der Waals surface area contributed by atoms with Crippen molar-refractivity contribution in [2.45, 2.75) is 0 Å². The number of nitrogens with two attached hydrogens (primary N) is 2. The molecule has 0 aromatic carbocycles. The molecule has 0 atom stereocenters. The lowest BCUT2D eigenvalue weighted by molar-refractivity contribution is 0.372. The van der Waals surface area contributed by atoms with E-state index in [1.165, 1.54) is 0 Å². The predicted octanol–water partition coefficient (Wildman–Crippen LogP) is -1.12. The molecule has 0 unspecified atom stereocenters. The molecule has 0 aromatic heterocycles. The normalized spacial score (nSPS) is 10.2. The summed E-state index contributed by atoms with van der Waals surface area (Å²) in [4.78, 5) is 29.6. The molecule has 10 heteroatoms. The van der Waals surface area contributed by atoms with E-state index in [4.69, 9.17) is 28.7 Å². The summed E-state index contributed by atoms with van der Waals surface area (Å²) >= 11 is 0. The van der Waals surface area contributed by atoms with Crippen LogP contribution in [0.25, 0.3) is 0 Å². The van der Waals surface area contributed by atoms with Gasteiger partial charge in [0, 0.05) is 0 Å². The largest absolute Gasteiger partial charge is 0.397 e. The Kier molecular flexibility index (Phi) is 11.3. The Morgan fingerprint density at radius 3 is 0.833 bits per heavy atom. The first kappa shape index (κ1) is 17.9. The summed E-state index contributed by atoms with van der Waals surface area (Å²) in [7, 11) is -8.28. The van der Waals surface area contributed by atoms with Crippen molar-refractivity contribution in [2.75, 3.05) is 0 Å². The highest BCUT2D eigenvalue weighted by Crippen LogP contribution is 2.20. The molecular weight excluding hydrogens is 210 g/mol. The van der Waals surface area contributed by atoms with Gasteiger partial charge in [-0.15, -0.1) is 13.2 Å². The molecular formula is C2H12N2O6P2. The summed E-state index contributed by atoms with van der Waals surface area (Å²) in [5, 5.41) is 0. The van der Waals surface area contributed by atoms with Crippen LogP contribution in [0, 0.1) is 0 Å². The van der Waals surface area contributed by atoms with Gasteiger partial charge in [-0.2, -0.15) is 0 Å². The van der Waals surface area contributed by atoms with E-state index in [9.17, 15) is 0 Å². The quantitative estimate of drug-likeness (QED) is 0.221. The molecule has 0 aromatic rings. The monoisotopic (exact) mass is 222 g/mol. The van der Waals surface area contributed by atoms with Gasteiger partial charge in [0.2, 0.25) is 0 Å². The molecule has 8 N–H and O–H groups in total. The van der Waals surface area contributed by atoms with Crippen LogP contribution in [-0.4, -0.2) is 19.6 Å². The fourth-order valence-corrected chi connectivity index (χ4v) is 0. The summed E-state index contributed by atoms with van der Waals surface area (Å²) in [6, 6.07) is 0. The third-order valence-corrected chi connectivity index (χ3v) is 0. The maximum atomic E-state index is 9.10. The van der Waals surface area contributed by atoms with Crippen LogP contribution < -0.4 is 11.0 Å². The number of hydrogen-bond donors (Lipinski definition) is 6. The van der Waals surface area contributed by atoms with Crippen molar-refractivity contribution in [3.05, 3.63) is 13.2 Å². The van der Waals surface area contributed by atoms with E-state index in [1.54, 1.807) is 0 Å². The average molecular weight is 222 g/mol. The molecule has 0 aliphatic carbocycles. The van der Waals surface area contributed by atoms with Crippen molar-refractivity contribution in [2.24, 2.45) is 11.0 Å². The first-order valence-corrected chi connectivity index (χ1v) is 5.54. The minimum Gasteiger partial charge on any atom is -0.313 e.